The van der Waals surface area contributed by atoms with E-state index in [0.29, 0.717) is 6.42 Å². The molecule has 0 fully saturated rings. The molecule has 0 aliphatic carbocycles. The molecule has 0 aliphatic rings. The third kappa shape index (κ3) is 67.8. The van der Waals surface area contributed by atoms with Crippen LogP contribution in [0.25, 0.3) is 0 Å². The number of unbranched alkanes of at least 4 members (excludes halogenated alkanes) is 43. The van der Waals surface area contributed by atoms with Crippen LogP contribution < -0.4 is 5.32 Å². The predicted octanol–water partition coefficient (Wildman–Crippen LogP) is 24.9. The Hall–Kier alpha value is -2.95. The lowest BCUT2D eigenvalue weighted by Gasteiger charge is -2.19. The van der Waals surface area contributed by atoms with Crippen molar-refractivity contribution in [1.29, 1.82) is 0 Å². The molecule has 0 saturated carbocycles. The average molecular weight is 1140 g/mol. The van der Waals surface area contributed by atoms with Crippen LogP contribution in [0.2, 0.25) is 0 Å². The van der Waals surface area contributed by atoms with Gasteiger partial charge in [0.05, 0.1) is 18.8 Å². The van der Waals surface area contributed by atoms with Gasteiger partial charge < -0.3 is 15.5 Å². The van der Waals surface area contributed by atoms with E-state index in [-0.39, 0.29) is 12.5 Å². The summed E-state index contributed by atoms with van der Waals surface area (Å²) in [7, 11) is 0. The van der Waals surface area contributed by atoms with Crippen molar-refractivity contribution in [2.75, 3.05) is 6.61 Å². The topological polar surface area (TPSA) is 69.6 Å². The van der Waals surface area contributed by atoms with Gasteiger partial charge in [-0.3, -0.25) is 4.79 Å². The van der Waals surface area contributed by atoms with Gasteiger partial charge in [-0.15, -0.1) is 0 Å². The van der Waals surface area contributed by atoms with Gasteiger partial charge in [-0.2, -0.15) is 0 Å². The highest BCUT2D eigenvalue weighted by Crippen LogP contribution is 2.18. The van der Waals surface area contributed by atoms with Crippen LogP contribution >= 0.6 is 0 Å². The Bertz CT molecular complexity index is 1530. The van der Waals surface area contributed by atoms with E-state index >= 15 is 0 Å². The van der Waals surface area contributed by atoms with E-state index in [1.165, 1.54) is 263 Å². The molecule has 0 radical (unpaired) electrons. The van der Waals surface area contributed by atoms with Crippen LogP contribution in [0.4, 0.5) is 0 Å². The highest BCUT2D eigenvalue weighted by atomic mass is 16.3. The van der Waals surface area contributed by atoms with Crippen LogP contribution in [0.5, 0.6) is 0 Å². The number of nitrogens with one attached hydrogen (secondary N) is 1. The maximum atomic E-state index is 12.5. The molecule has 3 N–H and O–H groups in total. The zero-order valence-corrected chi connectivity index (χ0v) is 54.7. The van der Waals surface area contributed by atoms with Crippen molar-refractivity contribution in [3.8, 4) is 0 Å². The first-order valence-electron chi connectivity index (χ1n) is 36.1. The fourth-order valence-corrected chi connectivity index (χ4v) is 10.8. The number of carbonyl (C=O) groups is 1. The Morgan fingerprint density at radius 1 is 0.305 bits per heavy atom. The zero-order valence-electron chi connectivity index (χ0n) is 54.7. The second-order valence-corrected chi connectivity index (χ2v) is 24.3. The SMILES string of the molecule is CC/C=C\C/C=C\C/C=C\C/C=C\C/C=C\C/C=C\CCCCCCCCCCCCCCCCCCCCC(=O)NC(CO)C(O)/C=C/CC/C=C/CC/C=C/CCCCCCCCCCCCCCCCCCCCCCCCC. The molecule has 2 atom stereocenters. The molecule has 0 aromatic heterocycles. The number of allylic oxidation sites excluding steroid dienone is 17. The summed E-state index contributed by atoms with van der Waals surface area (Å²) in [5, 5.41) is 23.3. The van der Waals surface area contributed by atoms with E-state index in [9.17, 15) is 15.0 Å². The van der Waals surface area contributed by atoms with Gasteiger partial charge in [0.25, 0.3) is 0 Å². The number of rotatable bonds is 66. The van der Waals surface area contributed by atoms with Gasteiger partial charge in [0, 0.05) is 6.42 Å². The summed E-state index contributed by atoms with van der Waals surface area (Å²) in [5.41, 5.74) is 0. The molecule has 4 nitrogen and oxygen atoms in total. The van der Waals surface area contributed by atoms with Crippen molar-refractivity contribution >= 4 is 5.91 Å². The normalized spacial score (nSPS) is 13.4. The summed E-state index contributed by atoms with van der Waals surface area (Å²) < 4.78 is 0. The number of aliphatic hydroxyl groups is 2. The molecule has 0 spiro atoms. The van der Waals surface area contributed by atoms with Gasteiger partial charge in [-0.25, -0.2) is 0 Å². The first kappa shape index (κ1) is 79.0. The van der Waals surface area contributed by atoms with E-state index in [0.717, 1.165) is 77.0 Å². The maximum Gasteiger partial charge on any atom is 0.220 e. The summed E-state index contributed by atoms with van der Waals surface area (Å²) in [4.78, 5) is 12.5. The van der Waals surface area contributed by atoms with Crippen molar-refractivity contribution in [2.24, 2.45) is 0 Å². The van der Waals surface area contributed by atoms with Crippen molar-refractivity contribution < 1.29 is 15.0 Å². The number of amides is 1. The van der Waals surface area contributed by atoms with E-state index in [2.05, 4.69) is 116 Å². The fourth-order valence-electron chi connectivity index (χ4n) is 10.8. The maximum absolute atomic E-state index is 12.5. The van der Waals surface area contributed by atoms with E-state index < -0.39 is 12.1 Å². The van der Waals surface area contributed by atoms with Crippen LogP contribution in [0.15, 0.2) is 109 Å². The fraction of sp³-hybridized carbons (Fsp3) is 0.756. The largest absolute Gasteiger partial charge is 0.394 e. The molecule has 0 rings (SSSR count). The molecule has 0 aliphatic heterocycles. The quantitative estimate of drug-likeness (QED) is 0.0420. The lowest BCUT2D eigenvalue weighted by Crippen LogP contribution is -2.45. The Kier molecular flexibility index (Phi) is 69.7. The van der Waals surface area contributed by atoms with Gasteiger partial charge in [0.15, 0.2) is 0 Å². The van der Waals surface area contributed by atoms with Gasteiger partial charge in [0.2, 0.25) is 5.91 Å². The van der Waals surface area contributed by atoms with Gasteiger partial charge in [-0.1, -0.05) is 367 Å². The van der Waals surface area contributed by atoms with Gasteiger partial charge in [0.1, 0.15) is 0 Å². The Balaban J connectivity index is 3.51. The molecular formula is C78H139NO3. The summed E-state index contributed by atoms with van der Waals surface area (Å²) in [5.74, 6) is -0.0759. The first-order valence-corrected chi connectivity index (χ1v) is 36.1. The van der Waals surface area contributed by atoms with Crippen LogP contribution in [0.3, 0.4) is 0 Å². The van der Waals surface area contributed by atoms with E-state index in [1.807, 2.05) is 6.08 Å². The summed E-state index contributed by atoms with van der Waals surface area (Å²) in [6, 6.07) is -0.652. The molecule has 0 aromatic rings. The highest BCUT2D eigenvalue weighted by molar-refractivity contribution is 5.76. The molecule has 1 amide bonds. The Labute approximate surface area is 512 Å². The van der Waals surface area contributed by atoms with Crippen molar-refractivity contribution in [3.05, 3.63) is 109 Å². The van der Waals surface area contributed by atoms with Crippen molar-refractivity contribution in [1.82, 2.24) is 5.32 Å². The summed E-state index contributed by atoms with van der Waals surface area (Å²) in [6.07, 6.45) is 109. The van der Waals surface area contributed by atoms with Crippen LogP contribution in [0.1, 0.15) is 361 Å². The second-order valence-electron chi connectivity index (χ2n) is 24.3. The first-order chi connectivity index (χ1) is 40.7. The van der Waals surface area contributed by atoms with E-state index in [4.69, 9.17) is 0 Å². The lowest BCUT2D eigenvalue weighted by atomic mass is 10.0. The smallest absolute Gasteiger partial charge is 0.220 e. The number of carbonyl (C=O) groups excluding carboxylic acids is 1. The molecule has 82 heavy (non-hydrogen) atoms. The van der Waals surface area contributed by atoms with Crippen LogP contribution in [0, 0.1) is 0 Å². The third-order valence-electron chi connectivity index (χ3n) is 16.2. The molecule has 4 heteroatoms. The van der Waals surface area contributed by atoms with Crippen molar-refractivity contribution in [3.63, 3.8) is 0 Å². The number of hydrogen-bond donors (Lipinski definition) is 3. The standard InChI is InChI=1S/C78H139NO3/c1-3-5-7-9-11-13-15-17-19-21-23-25-27-29-31-33-35-37-38-39-40-42-44-46-48-50-52-54-56-58-60-62-64-66-68-70-72-74-78(82)79-76(75-80)77(81)73-71-69-67-65-63-61-59-57-55-53-51-49-47-45-43-41-36-34-32-30-28-26-24-22-20-18-16-14-12-10-8-6-4-2/h5,7,11,13,17,19,23,25,29,31,35,37,55,57,63,65,71,73,76-77,80-81H,3-4,6,8-10,12,14-16,18,20-22,24,26-28,30,32-34,36,38-54,56,58-62,64,66-70,72,74-75H2,1-2H3,(H,79,82)/b7-5-,13-11-,19-17-,25-23-,31-29-,37-35-,57-55+,65-63+,73-71+. The third-order valence-corrected chi connectivity index (χ3v) is 16.2. The molecule has 0 bridgehead atoms. The summed E-state index contributed by atoms with van der Waals surface area (Å²) >= 11 is 0. The minimum absolute atomic E-state index is 0.0759. The van der Waals surface area contributed by atoms with Crippen LogP contribution in [-0.2, 0) is 4.79 Å². The minimum atomic E-state index is -0.877. The average Bonchev–Trinajstić information content (AvgIpc) is 3.50. The highest BCUT2D eigenvalue weighted by Gasteiger charge is 2.18. The molecule has 0 aromatic carbocycles. The monoisotopic (exact) mass is 1140 g/mol. The number of aliphatic hydroxyl groups excluding tert-OH is 2. The van der Waals surface area contributed by atoms with Gasteiger partial charge >= 0.3 is 0 Å². The second kappa shape index (κ2) is 72.3. The Morgan fingerprint density at radius 2 is 0.549 bits per heavy atom. The Morgan fingerprint density at radius 3 is 0.854 bits per heavy atom. The van der Waals surface area contributed by atoms with E-state index in [1.54, 1.807) is 6.08 Å². The molecule has 0 heterocycles. The lowest BCUT2D eigenvalue weighted by molar-refractivity contribution is -0.123. The minimum Gasteiger partial charge on any atom is -0.394 e. The predicted molar refractivity (Wildman–Crippen MR) is 368 cm³/mol. The molecule has 474 valence electrons. The molecule has 2 unspecified atom stereocenters. The van der Waals surface area contributed by atoms with Crippen molar-refractivity contribution in [2.45, 2.75) is 373 Å². The molecule has 0 saturated heterocycles. The number of hydrogen-bond acceptors (Lipinski definition) is 3. The van der Waals surface area contributed by atoms with Gasteiger partial charge in [-0.05, 0) is 96.3 Å². The summed E-state index contributed by atoms with van der Waals surface area (Å²) in [6.45, 7) is 4.21. The molecular weight excluding hydrogens is 999 g/mol. The van der Waals surface area contributed by atoms with Crippen LogP contribution in [-0.4, -0.2) is 34.9 Å². The zero-order chi connectivity index (χ0) is 59.1.